The average molecular weight is 390 g/mol. The van der Waals surface area contributed by atoms with E-state index in [1.807, 2.05) is 42.6 Å². The molecule has 0 radical (unpaired) electrons. The third kappa shape index (κ3) is 4.84. The molecule has 0 saturated heterocycles. The highest BCUT2D eigenvalue weighted by molar-refractivity contribution is 7.13. The van der Waals surface area contributed by atoms with Gasteiger partial charge in [-0.25, -0.2) is 4.98 Å². The third-order valence-electron chi connectivity index (χ3n) is 3.73. The Balaban J connectivity index is 1.51. The molecule has 2 aromatic heterocycles. The molecule has 0 aliphatic rings. The Bertz CT molecular complexity index is 850. The summed E-state index contributed by atoms with van der Waals surface area (Å²) in [6, 6.07) is 7.38. The minimum absolute atomic E-state index is 0.210. The van der Waals surface area contributed by atoms with Crippen molar-refractivity contribution < 1.29 is 9.53 Å². The van der Waals surface area contributed by atoms with Crippen LogP contribution in [-0.4, -0.2) is 41.5 Å². The number of rotatable bonds is 8. The van der Waals surface area contributed by atoms with Gasteiger partial charge in [0, 0.05) is 29.6 Å². The van der Waals surface area contributed by atoms with Crippen LogP contribution in [0.15, 0.2) is 35.3 Å². The van der Waals surface area contributed by atoms with Gasteiger partial charge in [-0.05, 0) is 25.1 Å². The molecule has 1 amide bonds. The van der Waals surface area contributed by atoms with E-state index in [-0.39, 0.29) is 5.91 Å². The number of carbonyl (C=O) groups is 1. The summed E-state index contributed by atoms with van der Waals surface area (Å²) in [6.45, 7) is 3.08. The van der Waals surface area contributed by atoms with E-state index in [2.05, 4.69) is 20.5 Å². The maximum Gasteiger partial charge on any atom is 0.257 e. The van der Waals surface area contributed by atoms with Crippen LogP contribution in [0.3, 0.4) is 0 Å². The van der Waals surface area contributed by atoms with Crippen molar-refractivity contribution in [2.75, 3.05) is 30.6 Å². The van der Waals surface area contributed by atoms with E-state index in [4.69, 9.17) is 4.74 Å². The van der Waals surface area contributed by atoms with Crippen molar-refractivity contribution >= 4 is 39.4 Å². The second kappa shape index (κ2) is 8.84. The van der Waals surface area contributed by atoms with E-state index in [0.717, 1.165) is 17.8 Å². The highest BCUT2D eigenvalue weighted by Crippen LogP contribution is 2.17. The maximum atomic E-state index is 12.3. The Morgan fingerprint density at radius 3 is 2.92 bits per heavy atom. The van der Waals surface area contributed by atoms with Crippen LogP contribution >= 0.6 is 22.7 Å². The Kier molecular flexibility index (Phi) is 6.26. The fourth-order valence-corrected chi connectivity index (χ4v) is 3.49. The molecule has 1 N–H and O–H groups in total. The minimum Gasteiger partial charge on any atom is -0.361 e. The number of benzene rings is 1. The van der Waals surface area contributed by atoms with Crippen LogP contribution in [-0.2, 0) is 11.2 Å². The molecular formula is C17H19N5O2S2. The number of anilines is 2. The highest BCUT2D eigenvalue weighted by atomic mass is 32.1. The summed E-state index contributed by atoms with van der Waals surface area (Å²) in [4.78, 5) is 19.7. The standard InChI is InChI=1S/C17H19N5O2S2/c1-12-15(25-9-18-12)6-7-24-11-22(2)14-5-3-4-13(8-14)16(23)20-17-21-19-10-26-17/h3-5,8-10H,6-7,11H2,1-2H3,(H,20,21,23). The van der Waals surface area contributed by atoms with Crippen LogP contribution in [0.5, 0.6) is 0 Å². The summed E-state index contributed by atoms with van der Waals surface area (Å²) in [5.74, 6) is -0.210. The van der Waals surface area contributed by atoms with E-state index < -0.39 is 0 Å². The molecular weight excluding hydrogens is 370 g/mol. The summed E-state index contributed by atoms with van der Waals surface area (Å²) in [6.07, 6.45) is 0.856. The van der Waals surface area contributed by atoms with Crippen molar-refractivity contribution in [3.8, 4) is 0 Å². The van der Waals surface area contributed by atoms with E-state index in [1.165, 1.54) is 16.2 Å². The van der Waals surface area contributed by atoms with Crippen LogP contribution in [0.4, 0.5) is 10.8 Å². The smallest absolute Gasteiger partial charge is 0.257 e. The normalized spacial score (nSPS) is 10.7. The van der Waals surface area contributed by atoms with Crippen molar-refractivity contribution in [1.29, 1.82) is 0 Å². The van der Waals surface area contributed by atoms with Crippen LogP contribution < -0.4 is 10.2 Å². The molecule has 0 fully saturated rings. The molecule has 1 aromatic carbocycles. The second-order valence-corrected chi connectivity index (χ2v) is 7.37. The number of hydrogen-bond acceptors (Lipinski definition) is 8. The summed E-state index contributed by atoms with van der Waals surface area (Å²) in [7, 11) is 1.93. The van der Waals surface area contributed by atoms with Crippen molar-refractivity contribution in [2.24, 2.45) is 0 Å². The molecule has 7 nitrogen and oxygen atoms in total. The Hall–Kier alpha value is -2.36. The zero-order valence-corrected chi connectivity index (χ0v) is 16.1. The van der Waals surface area contributed by atoms with Gasteiger partial charge in [0.05, 0.1) is 17.8 Å². The minimum atomic E-state index is -0.210. The maximum absolute atomic E-state index is 12.3. The molecule has 136 valence electrons. The number of aromatic nitrogens is 3. The average Bonchev–Trinajstić information content (AvgIpc) is 3.30. The van der Waals surface area contributed by atoms with Gasteiger partial charge in [-0.2, -0.15) is 0 Å². The lowest BCUT2D eigenvalue weighted by atomic mass is 10.2. The first-order chi connectivity index (χ1) is 12.6. The van der Waals surface area contributed by atoms with Gasteiger partial charge in [0.2, 0.25) is 5.13 Å². The van der Waals surface area contributed by atoms with Gasteiger partial charge in [0.15, 0.2) is 0 Å². The molecule has 2 heterocycles. The molecule has 0 spiro atoms. The lowest BCUT2D eigenvalue weighted by molar-refractivity contribution is 0.102. The fraction of sp³-hybridized carbons (Fsp3) is 0.294. The summed E-state index contributed by atoms with van der Waals surface area (Å²) < 4.78 is 5.75. The number of carbonyl (C=O) groups excluding carboxylic acids is 1. The molecule has 0 bridgehead atoms. The predicted octanol–water partition coefficient (Wildman–Crippen LogP) is 3.21. The number of hydrogen-bond donors (Lipinski definition) is 1. The molecule has 0 unspecified atom stereocenters. The van der Waals surface area contributed by atoms with Crippen molar-refractivity contribution in [1.82, 2.24) is 15.2 Å². The summed E-state index contributed by atoms with van der Waals surface area (Å²) in [5, 5.41) is 10.7. The predicted molar refractivity (Wildman–Crippen MR) is 104 cm³/mol. The SMILES string of the molecule is Cc1ncsc1CCOCN(C)c1cccc(C(=O)Nc2nncs2)c1. The molecule has 0 atom stereocenters. The number of ether oxygens (including phenoxy) is 1. The van der Waals surface area contributed by atoms with E-state index in [1.54, 1.807) is 22.9 Å². The zero-order valence-electron chi connectivity index (χ0n) is 14.5. The first-order valence-corrected chi connectivity index (χ1v) is 9.75. The van der Waals surface area contributed by atoms with Crippen LogP contribution in [0.25, 0.3) is 0 Å². The van der Waals surface area contributed by atoms with Crippen LogP contribution in [0.2, 0.25) is 0 Å². The Morgan fingerprint density at radius 2 is 2.19 bits per heavy atom. The number of nitrogens with one attached hydrogen (secondary N) is 1. The zero-order chi connectivity index (χ0) is 18.4. The highest BCUT2D eigenvalue weighted by Gasteiger charge is 2.10. The second-order valence-electron chi connectivity index (χ2n) is 5.59. The molecule has 3 aromatic rings. The van der Waals surface area contributed by atoms with Gasteiger partial charge in [0.25, 0.3) is 5.91 Å². The van der Waals surface area contributed by atoms with Gasteiger partial charge in [0.1, 0.15) is 12.2 Å². The van der Waals surface area contributed by atoms with Gasteiger partial charge in [-0.3, -0.25) is 10.1 Å². The largest absolute Gasteiger partial charge is 0.361 e. The molecule has 26 heavy (non-hydrogen) atoms. The van der Waals surface area contributed by atoms with E-state index in [0.29, 0.717) is 24.0 Å². The van der Waals surface area contributed by atoms with Crippen LogP contribution in [0.1, 0.15) is 20.9 Å². The molecule has 0 aliphatic heterocycles. The number of aryl methyl sites for hydroxylation is 1. The van der Waals surface area contributed by atoms with Gasteiger partial charge in [-0.1, -0.05) is 17.4 Å². The number of thiazole rings is 1. The van der Waals surface area contributed by atoms with Crippen molar-refractivity contribution in [3.05, 3.63) is 51.4 Å². The van der Waals surface area contributed by atoms with E-state index >= 15 is 0 Å². The van der Waals surface area contributed by atoms with E-state index in [9.17, 15) is 4.79 Å². The molecule has 0 aliphatic carbocycles. The molecule has 0 saturated carbocycles. The molecule has 9 heteroatoms. The van der Waals surface area contributed by atoms with Crippen molar-refractivity contribution in [3.63, 3.8) is 0 Å². The fourth-order valence-electron chi connectivity index (χ4n) is 2.29. The Labute approximate surface area is 159 Å². The first-order valence-electron chi connectivity index (χ1n) is 7.99. The molecule has 3 rings (SSSR count). The summed E-state index contributed by atoms with van der Waals surface area (Å²) in [5.41, 5.74) is 5.97. The first kappa shape index (κ1) is 18.4. The van der Waals surface area contributed by atoms with Gasteiger partial charge in [-0.15, -0.1) is 21.5 Å². The van der Waals surface area contributed by atoms with Crippen molar-refractivity contribution in [2.45, 2.75) is 13.3 Å². The number of amides is 1. The van der Waals surface area contributed by atoms with Gasteiger partial charge >= 0.3 is 0 Å². The lowest BCUT2D eigenvalue weighted by Gasteiger charge is -2.19. The topological polar surface area (TPSA) is 80.2 Å². The number of nitrogens with zero attached hydrogens (tertiary/aromatic N) is 4. The quantitative estimate of drug-likeness (QED) is 0.471. The van der Waals surface area contributed by atoms with Gasteiger partial charge < -0.3 is 9.64 Å². The van der Waals surface area contributed by atoms with Crippen LogP contribution in [0, 0.1) is 6.92 Å². The third-order valence-corrected chi connectivity index (χ3v) is 5.33. The monoisotopic (exact) mass is 389 g/mol. The summed E-state index contributed by atoms with van der Waals surface area (Å²) >= 11 is 2.93. The lowest BCUT2D eigenvalue weighted by Crippen LogP contribution is -2.22. The Morgan fingerprint density at radius 1 is 1.31 bits per heavy atom.